The number of carbonyl (C=O) groups is 2. The fourth-order valence-electron chi connectivity index (χ4n) is 2.82. The Morgan fingerprint density at radius 2 is 1.84 bits per heavy atom. The first kappa shape index (κ1) is 22.4. The third-order valence-electron chi connectivity index (χ3n) is 4.32. The van der Waals surface area contributed by atoms with E-state index in [-0.39, 0.29) is 23.8 Å². The number of aryl methyl sites for hydroxylation is 1. The fourth-order valence-corrected chi connectivity index (χ4v) is 3.70. The first-order chi connectivity index (χ1) is 14.9. The number of hydrogen-bond acceptors (Lipinski definition) is 6. The number of ether oxygens (including phenoxy) is 2. The SMILES string of the molecule is CCc1ccc(N(C(C)=O)c2nc(COC(=O)c3ccccc3OC(F)F)cs2)cc1. The highest BCUT2D eigenvalue weighted by Crippen LogP contribution is 2.30. The third-order valence-corrected chi connectivity index (χ3v) is 5.20. The van der Waals surface area contributed by atoms with E-state index in [0.29, 0.717) is 16.5 Å². The Hall–Kier alpha value is -3.33. The van der Waals surface area contributed by atoms with Crippen LogP contribution in [0, 0.1) is 0 Å². The minimum atomic E-state index is -3.06. The van der Waals surface area contributed by atoms with E-state index in [0.717, 1.165) is 12.0 Å². The minimum absolute atomic E-state index is 0.111. The van der Waals surface area contributed by atoms with Crippen LogP contribution in [0.4, 0.5) is 19.6 Å². The van der Waals surface area contributed by atoms with E-state index in [2.05, 4.69) is 9.72 Å². The summed E-state index contributed by atoms with van der Waals surface area (Å²) in [6.07, 6.45) is 0.888. The molecule has 0 N–H and O–H groups in total. The summed E-state index contributed by atoms with van der Waals surface area (Å²) in [4.78, 5) is 30.4. The van der Waals surface area contributed by atoms with Gasteiger partial charge in [0.2, 0.25) is 5.91 Å². The van der Waals surface area contributed by atoms with Crippen LogP contribution >= 0.6 is 11.3 Å². The number of rotatable bonds is 8. The highest BCUT2D eigenvalue weighted by atomic mass is 32.1. The predicted octanol–water partition coefficient (Wildman–Crippen LogP) is 5.35. The van der Waals surface area contributed by atoms with Crippen LogP contribution < -0.4 is 9.64 Å². The molecule has 0 spiro atoms. The van der Waals surface area contributed by atoms with Crippen molar-refractivity contribution in [1.29, 1.82) is 0 Å². The van der Waals surface area contributed by atoms with Crippen molar-refractivity contribution in [2.24, 2.45) is 0 Å². The molecule has 0 saturated heterocycles. The smallest absolute Gasteiger partial charge is 0.387 e. The van der Waals surface area contributed by atoms with Crippen LogP contribution in [0.25, 0.3) is 0 Å². The lowest BCUT2D eigenvalue weighted by atomic mass is 10.1. The highest BCUT2D eigenvalue weighted by Gasteiger charge is 2.20. The number of benzene rings is 2. The lowest BCUT2D eigenvalue weighted by Crippen LogP contribution is -2.22. The lowest BCUT2D eigenvalue weighted by molar-refractivity contribution is -0.115. The van der Waals surface area contributed by atoms with Crippen LogP contribution in [0.5, 0.6) is 5.75 Å². The van der Waals surface area contributed by atoms with Gasteiger partial charge in [-0.25, -0.2) is 9.78 Å². The molecule has 0 aliphatic rings. The Kier molecular flexibility index (Phi) is 7.30. The standard InChI is InChI=1S/C22H20F2N2O4S/c1-3-15-8-10-17(11-9-15)26(14(2)27)22-25-16(13-31-22)12-29-20(28)18-6-4-5-7-19(18)30-21(23)24/h4-11,13,21H,3,12H2,1-2H3. The van der Waals surface area contributed by atoms with Gasteiger partial charge in [-0.1, -0.05) is 31.2 Å². The first-order valence-electron chi connectivity index (χ1n) is 9.44. The molecule has 2 aromatic carbocycles. The molecule has 3 aromatic rings. The summed E-state index contributed by atoms with van der Waals surface area (Å²) in [6, 6.07) is 13.2. The molecule has 0 aliphatic carbocycles. The number of thiazole rings is 1. The van der Waals surface area contributed by atoms with Crippen LogP contribution in [0.1, 0.15) is 35.5 Å². The largest absolute Gasteiger partial charge is 0.455 e. The number of hydrogen-bond donors (Lipinski definition) is 0. The van der Waals surface area contributed by atoms with Crippen molar-refractivity contribution >= 4 is 34.0 Å². The number of carbonyl (C=O) groups excluding carboxylic acids is 2. The van der Waals surface area contributed by atoms with E-state index >= 15 is 0 Å². The van der Waals surface area contributed by atoms with E-state index in [1.165, 1.54) is 47.4 Å². The molecule has 0 fully saturated rings. The zero-order chi connectivity index (χ0) is 22.4. The van der Waals surface area contributed by atoms with E-state index in [1.54, 1.807) is 5.38 Å². The second kappa shape index (κ2) is 10.1. The van der Waals surface area contributed by atoms with Crippen molar-refractivity contribution in [1.82, 2.24) is 4.98 Å². The number of anilines is 2. The second-order valence-electron chi connectivity index (χ2n) is 6.45. The molecule has 31 heavy (non-hydrogen) atoms. The summed E-state index contributed by atoms with van der Waals surface area (Å²) in [5.74, 6) is -1.29. The van der Waals surface area contributed by atoms with E-state index < -0.39 is 12.6 Å². The van der Waals surface area contributed by atoms with E-state index in [4.69, 9.17) is 4.74 Å². The molecule has 0 aliphatic heterocycles. The molecule has 1 heterocycles. The van der Waals surface area contributed by atoms with Crippen molar-refractivity contribution < 1.29 is 27.8 Å². The molecule has 1 amide bonds. The number of esters is 1. The number of para-hydroxylation sites is 1. The van der Waals surface area contributed by atoms with Crippen molar-refractivity contribution in [3.63, 3.8) is 0 Å². The Morgan fingerprint density at radius 3 is 2.48 bits per heavy atom. The molecule has 0 unspecified atom stereocenters. The van der Waals surface area contributed by atoms with Crippen molar-refractivity contribution in [2.75, 3.05) is 4.90 Å². The summed E-state index contributed by atoms with van der Waals surface area (Å²) in [5, 5.41) is 2.10. The van der Waals surface area contributed by atoms with E-state index in [9.17, 15) is 18.4 Å². The van der Waals surface area contributed by atoms with Gasteiger partial charge in [-0.15, -0.1) is 11.3 Å². The number of aromatic nitrogens is 1. The number of nitrogens with zero attached hydrogens (tertiary/aromatic N) is 2. The normalized spacial score (nSPS) is 10.7. The molecule has 0 atom stereocenters. The third kappa shape index (κ3) is 5.64. The van der Waals surface area contributed by atoms with Crippen LogP contribution in [-0.4, -0.2) is 23.5 Å². The molecular weight excluding hydrogens is 426 g/mol. The number of halogens is 2. The molecule has 0 radical (unpaired) electrons. The predicted molar refractivity (Wildman–Crippen MR) is 113 cm³/mol. The Bertz CT molecular complexity index is 1050. The summed E-state index contributed by atoms with van der Waals surface area (Å²) in [7, 11) is 0. The Labute approximate surface area is 182 Å². The zero-order valence-corrected chi connectivity index (χ0v) is 17.7. The second-order valence-corrected chi connectivity index (χ2v) is 7.28. The lowest BCUT2D eigenvalue weighted by Gasteiger charge is -2.18. The molecule has 3 rings (SSSR count). The maximum Gasteiger partial charge on any atom is 0.387 e. The van der Waals surface area contributed by atoms with E-state index in [1.807, 2.05) is 31.2 Å². The average Bonchev–Trinajstić information content (AvgIpc) is 3.20. The van der Waals surface area contributed by atoms with Crippen LogP contribution in [-0.2, 0) is 22.6 Å². The molecule has 6 nitrogen and oxygen atoms in total. The molecular formula is C22H20F2N2O4S. The van der Waals surface area contributed by atoms with Gasteiger partial charge < -0.3 is 9.47 Å². The topological polar surface area (TPSA) is 68.7 Å². The Morgan fingerprint density at radius 1 is 1.13 bits per heavy atom. The van der Waals surface area contributed by atoms with Crippen LogP contribution in [0.15, 0.2) is 53.9 Å². The molecule has 1 aromatic heterocycles. The van der Waals surface area contributed by atoms with Crippen molar-refractivity contribution in [2.45, 2.75) is 33.5 Å². The Balaban J connectivity index is 1.72. The van der Waals surface area contributed by atoms with Crippen LogP contribution in [0.2, 0.25) is 0 Å². The molecule has 0 bridgehead atoms. The summed E-state index contributed by atoms with van der Waals surface area (Å²) < 4.78 is 34.6. The van der Waals surface area contributed by atoms with Gasteiger partial charge >= 0.3 is 12.6 Å². The maximum absolute atomic E-state index is 12.5. The van der Waals surface area contributed by atoms with Gasteiger partial charge in [0.15, 0.2) is 5.13 Å². The van der Waals surface area contributed by atoms with Crippen molar-refractivity contribution in [3.05, 3.63) is 70.7 Å². The van der Waals surface area contributed by atoms with Gasteiger partial charge in [-0.05, 0) is 36.2 Å². The van der Waals surface area contributed by atoms with Gasteiger partial charge in [0.1, 0.15) is 17.9 Å². The molecule has 0 saturated carbocycles. The summed E-state index contributed by atoms with van der Waals surface area (Å²) in [5.41, 5.74) is 2.15. The maximum atomic E-state index is 12.5. The average molecular weight is 446 g/mol. The van der Waals surface area contributed by atoms with Crippen LogP contribution in [0.3, 0.4) is 0 Å². The summed E-state index contributed by atoms with van der Waals surface area (Å²) >= 11 is 1.23. The zero-order valence-electron chi connectivity index (χ0n) is 16.9. The first-order valence-corrected chi connectivity index (χ1v) is 10.3. The van der Waals surface area contributed by atoms with Gasteiger partial charge in [0.05, 0.1) is 11.4 Å². The molecule has 162 valence electrons. The van der Waals surface area contributed by atoms with Gasteiger partial charge in [0.25, 0.3) is 0 Å². The summed E-state index contributed by atoms with van der Waals surface area (Å²) in [6.45, 7) is 0.247. The van der Waals surface area contributed by atoms with Gasteiger partial charge in [-0.3, -0.25) is 9.69 Å². The minimum Gasteiger partial charge on any atom is -0.455 e. The number of alkyl halides is 2. The molecule has 9 heteroatoms. The highest BCUT2D eigenvalue weighted by molar-refractivity contribution is 7.14. The quantitative estimate of drug-likeness (QED) is 0.437. The monoisotopic (exact) mass is 446 g/mol. The fraction of sp³-hybridized carbons (Fsp3) is 0.227. The van der Waals surface area contributed by atoms with Gasteiger partial charge in [0, 0.05) is 12.3 Å². The van der Waals surface area contributed by atoms with Gasteiger partial charge in [-0.2, -0.15) is 8.78 Å². The number of amides is 1. The van der Waals surface area contributed by atoms with Crippen molar-refractivity contribution in [3.8, 4) is 5.75 Å².